The molecule has 2 N–H and O–H groups in total. The smallest absolute Gasteiger partial charge is 0.383 e. The molecular weight excluding hydrogens is 465 g/mol. The fraction of sp³-hybridized carbons (Fsp3) is 0.259. The Balaban J connectivity index is 1.44. The number of anilines is 3. The van der Waals surface area contributed by atoms with E-state index < -0.39 is 11.7 Å². The highest BCUT2D eigenvalue weighted by Crippen LogP contribution is 2.31. The Kier molecular flexibility index (Phi) is 7.47. The van der Waals surface area contributed by atoms with Gasteiger partial charge in [-0.05, 0) is 49.2 Å². The van der Waals surface area contributed by atoms with Crippen LogP contribution in [0.15, 0.2) is 65.8 Å². The SMILES string of the molecule is Cc1nc(N=CCc2ccc(Nc3cccc(C(F)(F)F)c3)cn2)nc2c(NCC(C)C)cccc12. The number of alkyl halides is 3. The van der Waals surface area contributed by atoms with Crippen LogP contribution in [0.5, 0.6) is 0 Å². The van der Waals surface area contributed by atoms with Crippen LogP contribution >= 0.6 is 0 Å². The predicted octanol–water partition coefficient (Wildman–Crippen LogP) is 7.11. The maximum absolute atomic E-state index is 12.9. The summed E-state index contributed by atoms with van der Waals surface area (Å²) in [4.78, 5) is 18.0. The molecule has 0 spiro atoms. The van der Waals surface area contributed by atoms with E-state index in [9.17, 15) is 13.2 Å². The molecule has 6 nitrogen and oxygen atoms in total. The zero-order chi connectivity index (χ0) is 25.7. The first-order valence-electron chi connectivity index (χ1n) is 11.6. The number of rotatable bonds is 8. The van der Waals surface area contributed by atoms with Crippen LogP contribution in [0.4, 0.5) is 36.2 Å². The first-order valence-corrected chi connectivity index (χ1v) is 11.6. The van der Waals surface area contributed by atoms with Gasteiger partial charge in [-0.15, -0.1) is 0 Å². The number of benzene rings is 2. The van der Waals surface area contributed by atoms with Gasteiger partial charge in [-0.25, -0.2) is 15.0 Å². The van der Waals surface area contributed by atoms with E-state index in [1.807, 2.05) is 25.1 Å². The molecule has 2 aromatic carbocycles. The van der Waals surface area contributed by atoms with E-state index in [-0.39, 0.29) is 0 Å². The zero-order valence-corrected chi connectivity index (χ0v) is 20.3. The molecule has 0 bridgehead atoms. The number of nitrogens with one attached hydrogen (secondary N) is 2. The number of hydrogen-bond acceptors (Lipinski definition) is 6. The van der Waals surface area contributed by atoms with Gasteiger partial charge in [0.25, 0.3) is 0 Å². The summed E-state index contributed by atoms with van der Waals surface area (Å²) in [6.07, 6.45) is -0.657. The van der Waals surface area contributed by atoms with Crippen LogP contribution in [0.25, 0.3) is 10.9 Å². The molecule has 0 radical (unpaired) electrons. The van der Waals surface area contributed by atoms with Crippen LogP contribution < -0.4 is 10.6 Å². The number of aliphatic imine (C=N–C) groups is 1. The Bertz CT molecular complexity index is 1360. The van der Waals surface area contributed by atoms with Crippen LogP contribution in [0.3, 0.4) is 0 Å². The molecule has 0 aliphatic rings. The highest BCUT2D eigenvalue weighted by atomic mass is 19.4. The van der Waals surface area contributed by atoms with Gasteiger partial charge in [0.1, 0.15) is 0 Å². The number of nitrogens with zero attached hydrogens (tertiary/aromatic N) is 4. The summed E-state index contributed by atoms with van der Waals surface area (Å²) in [6, 6.07) is 14.6. The van der Waals surface area contributed by atoms with Crippen molar-refractivity contribution in [3.8, 4) is 0 Å². The lowest BCUT2D eigenvalue weighted by molar-refractivity contribution is -0.137. The van der Waals surface area contributed by atoms with Crippen LogP contribution in [-0.2, 0) is 12.6 Å². The molecule has 36 heavy (non-hydrogen) atoms. The molecule has 0 aliphatic carbocycles. The van der Waals surface area contributed by atoms with Gasteiger partial charge < -0.3 is 10.6 Å². The summed E-state index contributed by atoms with van der Waals surface area (Å²) in [7, 11) is 0. The maximum Gasteiger partial charge on any atom is 0.416 e. The quantitative estimate of drug-likeness (QED) is 0.256. The lowest BCUT2D eigenvalue weighted by Gasteiger charge is -2.12. The van der Waals surface area contributed by atoms with E-state index in [1.54, 1.807) is 30.6 Å². The van der Waals surface area contributed by atoms with E-state index in [0.29, 0.717) is 29.7 Å². The van der Waals surface area contributed by atoms with Gasteiger partial charge in [0, 0.05) is 35.9 Å². The molecule has 2 aromatic heterocycles. The number of hydrogen-bond donors (Lipinski definition) is 2. The molecule has 186 valence electrons. The lowest BCUT2D eigenvalue weighted by Crippen LogP contribution is -2.08. The largest absolute Gasteiger partial charge is 0.416 e. The molecule has 0 aliphatic heterocycles. The number of aromatic nitrogens is 3. The lowest BCUT2D eigenvalue weighted by atomic mass is 10.1. The fourth-order valence-corrected chi connectivity index (χ4v) is 3.59. The Hall–Kier alpha value is -4.01. The average molecular weight is 493 g/mol. The van der Waals surface area contributed by atoms with E-state index in [0.717, 1.165) is 46.7 Å². The first-order chi connectivity index (χ1) is 17.2. The van der Waals surface area contributed by atoms with Gasteiger partial charge in [-0.1, -0.05) is 32.0 Å². The van der Waals surface area contributed by atoms with Gasteiger partial charge in [0.05, 0.1) is 34.3 Å². The minimum atomic E-state index is -4.39. The van der Waals surface area contributed by atoms with Crippen LogP contribution in [-0.4, -0.2) is 27.7 Å². The second-order valence-electron chi connectivity index (χ2n) is 8.84. The third-order valence-corrected chi connectivity index (χ3v) is 5.42. The molecular formula is C27H27F3N6. The molecule has 9 heteroatoms. The van der Waals surface area contributed by atoms with Crippen LogP contribution in [0.2, 0.25) is 0 Å². The number of para-hydroxylation sites is 1. The summed E-state index contributed by atoms with van der Waals surface area (Å²) in [5.41, 5.74) is 3.61. The molecule has 0 fully saturated rings. The minimum Gasteiger partial charge on any atom is -0.383 e. The topological polar surface area (TPSA) is 75.1 Å². The molecule has 0 saturated carbocycles. The Morgan fingerprint density at radius 1 is 1.00 bits per heavy atom. The van der Waals surface area contributed by atoms with Crippen molar-refractivity contribution in [3.63, 3.8) is 0 Å². The second kappa shape index (κ2) is 10.7. The van der Waals surface area contributed by atoms with Crippen LogP contribution in [0, 0.1) is 12.8 Å². The van der Waals surface area contributed by atoms with Crippen LogP contribution in [0.1, 0.15) is 30.8 Å². The van der Waals surface area contributed by atoms with Gasteiger partial charge in [0.2, 0.25) is 5.95 Å². The molecule has 0 unspecified atom stereocenters. The second-order valence-corrected chi connectivity index (χ2v) is 8.84. The standard InChI is InChI=1S/C27H27F3N6/c1-17(2)15-33-24-9-5-8-23-18(3)34-26(36-25(23)24)31-13-12-20-10-11-22(16-32-20)35-21-7-4-6-19(14-21)27(28,29)30/h4-11,13-14,16-17,33,35H,12,15H2,1-3H3. The summed E-state index contributed by atoms with van der Waals surface area (Å²) in [6.45, 7) is 7.07. The van der Waals surface area contributed by atoms with Crippen molar-refractivity contribution >= 4 is 40.1 Å². The van der Waals surface area contributed by atoms with E-state index in [4.69, 9.17) is 0 Å². The van der Waals surface area contributed by atoms with Crippen molar-refractivity contribution in [3.05, 3.63) is 77.7 Å². The van der Waals surface area contributed by atoms with Gasteiger partial charge >= 0.3 is 6.18 Å². The van der Waals surface area contributed by atoms with Gasteiger partial charge in [0.15, 0.2) is 0 Å². The molecule has 0 saturated heterocycles. The van der Waals surface area contributed by atoms with Crippen molar-refractivity contribution in [2.75, 3.05) is 17.2 Å². The number of pyridine rings is 1. The molecule has 2 heterocycles. The molecule has 0 atom stereocenters. The van der Waals surface area contributed by atoms with Gasteiger partial charge in [-0.3, -0.25) is 4.98 Å². The van der Waals surface area contributed by atoms with Crippen molar-refractivity contribution in [1.82, 2.24) is 15.0 Å². The monoisotopic (exact) mass is 492 g/mol. The summed E-state index contributed by atoms with van der Waals surface area (Å²) >= 11 is 0. The Morgan fingerprint density at radius 3 is 2.53 bits per heavy atom. The number of halogens is 3. The maximum atomic E-state index is 12.9. The normalized spacial score (nSPS) is 12.0. The Morgan fingerprint density at radius 2 is 1.81 bits per heavy atom. The van der Waals surface area contributed by atoms with E-state index in [1.165, 1.54) is 6.07 Å². The first kappa shape index (κ1) is 25.1. The molecule has 0 amide bonds. The average Bonchev–Trinajstić information content (AvgIpc) is 2.83. The van der Waals surface area contributed by atoms with Crippen molar-refractivity contribution in [2.24, 2.45) is 10.9 Å². The number of aryl methyl sites for hydroxylation is 1. The highest BCUT2D eigenvalue weighted by molar-refractivity contribution is 5.92. The summed E-state index contributed by atoms with van der Waals surface area (Å²) in [5.74, 6) is 0.876. The predicted molar refractivity (Wildman–Crippen MR) is 138 cm³/mol. The molecule has 4 rings (SSSR count). The minimum absolute atomic E-state index is 0.340. The van der Waals surface area contributed by atoms with Crippen molar-refractivity contribution in [2.45, 2.75) is 33.4 Å². The third kappa shape index (κ3) is 6.35. The summed E-state index contributed by atoms with van der Waals surface area (Å²) < 4.78 is 38.8. The third-order valence-electron chi connectivity index (χ3n) is 5.42. The molecule has 4 aromatic rings. The van der Waals surface area contributed by atoms with Crippen molar-refractivity contribution in [1.29, 1.82) is 0 Å². The summed E-state index contributed by atoms with van der Waals surface area (Å²) in [5, 5.41) is 7.37. The van der Waals surface area contributed by atoms with Crippen molar-refractivity contribution < 1.29 is 13.2 Å². The Labute approximate surface area is 207 Å². The van der Waals surface area contributed by atoms with E-state index in [2.05, 4.69) is 44.4 Å². The van der Waals surface area contributed by atoms with Gasteiger partial charge in [-0.2, -0.15) is 13.2 Å². The highest BCUT2D eigenvalue weighted by Gasteiger charge is 2.30. The number of fused-ring (bicyclic) bond motifs is 1. The zero-order valence-electron chi connectivity index (χ0n) is 20.3. The fourth-order valence-electron chi connectivity index (χ4n) is 3.59. The van der Waals surface area contributed by atoms with E-state index >= 15 is 0 Å².